The molecule has 156 valence electrons. The van der Waals surface area contributed by atoms with Gasteiger partial charge in [-0.2, -0.15) is 4.31 Å². The molecule has 0 spiro atoms. The van der Waals surface area contributed by atoms with Gasteiger partial charge in [-0.25, -0.2) is 8.42 Å². The molecule has 2 aliphatic heterocycles. The Morgan fingerprint density at radius 1 is 1.07 bits per heavy atom. The van der Waals surface area contributed by atoms with Crippen LogP contribution in [0.25, 0.3) is 0 Å². The van der Waals surface area contributed by atoms with Crippen LogP contribution in [-0.2, 0) is 14.8 Å². The molecule has 0 saturated carbocycles. The van der Waals surface area contributed by atoms with Crippen LogP contribution < -0.4 is 5.32 Å². The fourth-order valence-electron chi connectivity index (χ4n) is 3.87. The van der Waals surface area contributed by atoms with Crippen molar-refractivity contribution in [3.8, 4) is 0 Å². The first-order valence-corrected chi connectivity index (χ1v) is 11.7. The molecule has 0 atom stereocenters. The lowest BCUT2D eigenvalue weighted by atomic mass is 10.1. The summed E-state index contributed by atoms with van der Waals surface area (Å²) in [5, 5.41) is 3.22. The van der Waals surface area contributed by atoms with Gasteiger partial charge < -0.3 is 15.1 Å². The highest BCUT2D eigenvalue weighted by molar-refractivity contribution is 7.89. The van der Waals surface area contributed by atoms with Crippen molar-refractivity contribution in [1.82, 2.24) is 19.4 Å². The standard InChI is InChI=1S/C20H32N4O3S/c1-18-7-3-4-8-19(18)28(26,27)24(16-15-22-11-5-2-6-12-22)17-20(25)23-13-9-21-10-14-23/h3-4,7-8,21H,2,5-6,9-17H2,1H3. The van der Waals surface area contributed by atoms with Crippen LogP contribution in [0.2, 0.25) is 0 Å². The lowest BCUT2D eigenvalue weighted by molar-refractivity contribution is -0.132. The third kappa shape index (κ3) is 5.31. The zero-order valence-electron chi connectivity index (χ0n) is 16.8. The zero-order chi connectivity index (χ0) is 20.0. The van der Waals surface area contributed by atoms with Crippen molar-refractivity contribution >= 4 is 15.9 Å². The van der Waals surface area contributed by atoms with Crippen LogP contribution in [0.5, 0.6) is 0 Å². The first-order valence-electron chi connectivity index (χ1n) is 10.2. The molecule has 1 amide bonds. The summed E-state index contributed by atoms with van der Waals surface area (Å²) >= 11 is 0. The summed E-state index contributed by atoms with van der Waals surface area (Å²) in [6.45, 7) is 7.49. The maximum atomic E-state index is 13.4. The molecule has 2 aliphatic rings. The number of likely N-dealkylation sites (tertiary alicyclic amines) is 1. The summed E-state index contributed by atoms with van der Waals surface area (Å²) in [6.07, 6.45) is 3.55. The zero-order valence-corrected chi connectivity index (χ0v) is 17.6. The summed E-state index contributed by atoms with van der Waals surface area (Å²) in [6, 6.07) is 7.00. The van der Waals surface area contributed by atoms with Gasteiger partial charge in [-0.15, -0.1) is 0 Å². The number of hydrogen-bond donors (Lipinski definition) is 1. The Labute approximate surface area is 168 Å². The lowest BCUT2D eigenvalue weighted by Gasteiger charge is -2.32. The number of piperidine rings is 1. The highest BCUT2D eigenvalue weighted by Gasteiger charge is 2.30. The second-order valence-corrected chi connectivity index (χ2v) is 9.54. The summed E-state index contributed by atoms with van der Waals surface area (Å²) < 4.78 is 28.1. The van der Waals surface area contributed by atoms with Crippen LogP contribution in [0.15, 0.2) is 29.2 Å². The molecule has 2 saturated heterocycles. The van der Waals surface area contributed by atoms with E-state index in [0.29, 0.717) is 36.6 Å². The van der Waals surface area contributed by atoms with Crippen molar-refractivity contribution in [3.63, 3.8) is 0 Å². The Kier molecular flexibility index (Phi) is 7.45. The molecule has 2 heterocycles. The Hall–Kier alpha value is -1.48. The lowest BCUT2D eigenvalue weighted by Crippen LogP contribution is -2.51. The summed E-state index contributed by atoms with van der Waals surface area (Å²) in [5.41, 5.74) is 0.708. The quantitative estimate of drug-likeness (QED) is 0.726. The molecule has 2 fully saturated rings. The van der Waals surface area contributed by atoms with Gasteiger partial charge >= 0.3 is 0 Å². The third-order valence-corrected chi connectivity index (χ3v) is 7.61. The molecular weight excluding hydrogens is 376 g/mol. The number of hydrogen-bond acceptors (Lipinski definition) is 5. The molecule has 3 rings (SSSR count). The molecule has 1 aromatic rings. The third-order valence-electron chi connectivity index (χ3n) is 5.61. The number of amides is 1. The molecule has 1 aromatic carbocycles. The number of carbonyl (C=O) groups is 1. The predicted molar refractivity (Wildman–Crippen MR) is 110 cm³/mol. The van der Waals surface area contributed by atoms with Gasteiger partial charge in [-0.05, 0) is 44.5 Å². The number of piperazine rings is 1. The Balaban J connectivity index is 1.76. The molecule has 7 nitrogen and oxygen atoms in total. The van der Waals surface area contributed by atoms with Crippen molar-refractivity contribution in [2.75, 3.05) is 58.9 Å². The minimum Gasteiger partial charge on any atom is -0.339 e. The van der Waals surface area contributed by atoms with E-state index < -0.39 is 10.0 Å². The Morgan fingerprint density at radius 2 is 1.75 bits per heavy atom. The second-order valence-electron chi connectivity index (χ2n) is 7.64. The van der Waals surface area contributed by atoms with Gasteiger partial charge in [0.05, 0.1) is 11.4 Å². The van der Waals surface area contributed by atoms with Crippen molar-refractivity contribution in [2.24, 2.45) is 0 Å². The number of rotatable bonds is 7. The largest absolute Gasteiger partial charge is 0.339 e. The van der Waals surface area contributed by atoms with E-state index in [9.17, 15) is 13.2 Å². The highest BCUT2D eigenvalue weighted by atomic mass is 32.2. The fourth-order valence-corrected chi connectivity index (χ4v) is 5.48. The number of benzene rings is 1. The SMILES string of the molecule is Cc1ccccc1S(=O)(=O)N(CCN1CCCCC1)CC(=O)N1CCNCC1. The van der Waals surface area contributed by atoms with Crippen LogP contribution >= 0.6 is 0 Å². The van der Waals surface area contributed by atoms with E-state index in [1.807, 2.05) is 6.07 Å². The molecule has 8 heteroatoms. The topological polar surface area (TPSA) is 73.0 Å². The van der Waals surface area contributed by atoms with Gasteiger partial charge in [0, 0.05) is 39.3 Å². The van der Waals surface area contributed by atoms with Crippen LogP contribution in [0, 0.1) is 6.92 Å². The average molecular weight is 409 g/mol. The van der Waals surface area contributed by atoms with E-state index in [2.05, 4.69) is 10.2 Å². The first-order chi connectivity index (χ1) is 13.5. The van der Waals surface area contributed by atoms with E-state index >= 15 is 0 Å². The normalized spacial score (nSPS) is 19.1. The maximum absolute atomic E-state index is 13.4. The maximum Gasteiger partial charge on any atom is 0.243 e. The number of aryl methyl sites for hydroxylation is 1. The summed E-state index contributed by atoms with van der Waals surface area (Å²) in [5.74, 6) is -0.114. The summed E-state index contributed by atoms with van der Waals surface area (Å²) in [4.78, 5) is 17.2. The van der Waals surface area contributed by atoms with Gasteiger partial charge in [-0.3, -0.25) is 4.79 Å². The smallest absolute Gasteiger partial charge is 0.243 e. The Bertz CT molecular complexity index is 756. The number of nitrogens with zero attached hydrogens (tertiary/aromatic N) is 3. The Morgan fingerprint density at radius 3 is 2.43 bits per heavy atom. The molecule has 0 aliphatic carbocycles. The van der Waals surface area contributed by atoms with E-state index in [4.69, 9.17) is 0 Å². The van der Waals surface area contributed by atoms with Gasteiger partial charge in [-0.1, -0.05) is 24.6 Å². The summed E-state index contributed by atoms with van der Waals surface area (Å²) in [7, 11) is -3.72. The van der Waals surface area contributed by atoms with E-state index in [1.54, 1.807) is 30.0 Å². The minimum atomic E-state index is -3.72. The average Bonchev–Trinajstić information content (AvgIpc) is 2.72. The van der Waals surface area contributed by atoms with Crippen LogP contribution in [0.3, 0.4) is 0 Å². The van der Waals surface area contributed by atoms with Gasteiger partial charge in [0.1, 0.15) is 0 Å². The van der Waals surface area contributed by atoms with Crippen molar-refractivity contribution in [1.29, 1.82) is 0 Å². The van der Waals surface area contributed by atoms with E-state index in [1.165, 1.54) is 10.7 Å². The first kappa shape index (κ1) is 21.2. The number of carbonyl (C=O) groups excluding carboxylic acids is 1. The fraction of sp³-hybridized carbons (Fsp3) is 0.650. The van der Waals surface area contributed by atoms with Crippen molar-refractivity contribution in [3.05, 3.63) is 29.8 Å². The van der Waals surface area contributed by atoms with Gasteiger partial charge in [0.25, 0.3) is 0 Å². The molecule has 0 radical (unpaired) electrons. The van der Waals surface area contributed by atoms with Crippen molar-refractivity contribution < 1.29 is 13.2 Å². The molecular formula is C20H32N4O3S. The predicted octanol–water partition coefficient (Wildman–Crippen LogP) is 0.903. The second kappa shape index (κ2) is 9.82. The highest BCUT2D eigenvalue weighted by Crippen LogP contribution is 2.20. The molecule has 0 aromatic heterocycles. The van der Waals surface area contributed by atoms with E-state index in [-0.39, 0.29) is 12.5 Å². The van der Waals surface area contributed by atoms with Gasteiger partial charge in [0.15, 0.2) is 0 Å². The number of nitrogens with one attached hydrogen (secondary N) is 1. The van der Waals surface area contributed by atoms with Crippen molar-refractivity contribution in [2.45, 2.75) is 31.1 Å². The molecule has 1 N–H and O–H groups in total. The van der Waals surface area contributed by atoms with Crippen LogP contribution in [0.1, 0.15) is 24.8 Å². The monoisotopic (exact) mass is 408 g/mol. The molecule has 0 unspecified atom stereocenters. The van der Waals surface area contributed by atoms with E-state index in [0.717, 1.165) is 39.0 Å². The molecule has 28 heavy (non-hydrogen) atoms. The van der Waals surface area contributed by atoms with Crippen LogP contribution in [-0.4, -0.2) is 87.3 Å². The van der Waals surface area contributed by atoms with Gasteiger partial charge in [0.2, 0.25) is 15.9 Å². The molecule has 0 bridgehead atoms. The van der Waals surface area contributed by atoms with Crippen LogP contribution in [0.4, 0.5) is 0 Å². The minimum absolute atomic E-state index is 0.0928. The number of sulfonamides is 1.